The van der Waals surface area contributed by atoms with Crippen LogP contribution in [0.25, 0.3) is 11.0 Å². The summed E-state index contributed by atoms with van der Waals surface area (Å²) in [5.74, 6) is -6.15. The quantitative estimate of drug-likeness (QED) is 0.509. The van der Waals surface area contributed by atoms with Gasteiger partial charge in [-0.25, -0.2) is 14.0 Å². The van der Waals surface area contributed by atoms with E-state index in [1.165, 1.54) is 6.92 Å². The Hall–Kier alpha value is -2.62. The molecule has 2 N–H and O–H groups in total. The predicted octanol–water partition coefficient (Wildman–Crippen LogP) is 2.19. The van der Waals surface area contributed by atoms with Crippen LogP contribution in [-0.4, -0.2) is 18.0 Å². The van der Waals surface area contributed by atoms with Gasteiger partial charge in [0, 0.05) is 5.39 Å². The van der Waals surface area contributed by atoms with Crippen LogP contribution in [0.2, 0.25) is 0 Å². The molecular weight excluding hydrogens is 338 g/mol. The number of ether oxygens (including phenoxy) is 2. The van der Waals surface area contributed by atoms with E-state index >= 15 is 0 Å². The molecule has 1 aromatic heterocycles. The number of carbonyl (C=O) groups is 2. The van der Waals surface area contributed by atoms with Crippen LogP contribution >= 0.6 is 0 Å². The fraction of sp³-hybridized carbons (Fsp3) is 0.286. The molecule has 2 heterocycles. The minimum atomic E-state index is -4.80. The molecule has 0 saturated carbocycles. The van der Waals surface area contributed by atoms with E-state index < -0.39 is 57.9 Å². The number of esters is 2. The molecule has 1 unspecified atom stereocenters. The summed E-state index contributed by atoms with van der Waals surface area (Å²) in [6.07, 6.45) is -4.41. The number of hydrogen-bond acceptors (Lipinski definition) is 6. The maximum atomic E-state index is 13.9. The predicted molar refractivity (Wildman–Crippen MR) is 68.7 cm³/mol. The number of benzene rings is 1. The van der Waals surface area contributed by atoms with Gasteiger partial charge in [0.15, 0.2) is 0 Å². The Balaban J connectivity index is 2.32. The Morgan fingerprint density at radius 1 is 1.17 bits per heavy atom. The number of cyclic esters (lactones) is 2. The Morgan fingerprint density at radius 3 is 2.25 bits per heavy atom. The van der Waals surface area contributed by atoms with Crippen LogP contribution in [0.1, 0.15) is 18.1 Å². The highest BCUT2D eigenvalue weighted by Crippen LogP contribution is 2.43. The van der Waals surface area contributed by atoms with Crippen LogP contribution in [0.4, 0.5) is 17.6 Å². The van der Waals surface area contributed by atoms with E-state index in [0.29, 0.717) is 12.3 Å². The van der Waals surface area contributed by atoms with Gasteiger partial charge in [0.25, 0.3) is 0 Å². The first-order valence-electron chi connectivity index (χ1n) is 6.56. The molecule has 2 aromatic rings. The fourth-order valence-corrected chi connectivity index (χ4v) is 2.50. The smallest absolute Gasteiger partial charge is 0.421 e. The summed E-state index contributed by atoms with van der Waals surface area (Å²) in [4.78, 5) is 22.8. The molecule has 1 atom stereocenters. The molecule has 3 rings (SSSR count). The van der Waals surface area contributed by atoms with Crippen molar-refractivity contribution in [2.75, 3.05) is 0 Å². The first-order chi connectivity index (χ1) is 11.1. The summed E-state index contributed by atoms with van der Waals surface area (Å²) < 4.78 is 67.4. The molecule has 0 aliphatic carbocycles. The maximum absolute atomic E-state index is 13.9. The first-order valence-corrected chi connectivity index (χ1v) is 6.56. The average Bonchev–Trinajstić information content (AvgIpc) is 3.00. The lowest BCUT2D eigenvalue weighted by Crippen LogP contribution is -2.45. The second kappa shape index (κ2) is 4.94. The number of furan rings is 1. The normalized spacial score (nSPS) is 18.6. The van der Waals surface area contributed by atoms with E-state index in [1.807, 2.05) is 0 Å². The molecule has 0 bridgehead atoms. The molecule has 10 heteroatoms. The standard InChI is InChI=1S/C14H9F4NO5/c1-5(19)13(23-11(20)12(21)24-13)8-3-6(15)2-7-9(14(16,17)18)4-22-10(7)8/h2-5H,19H2,1H3. The van der Waals surface area contributed by atoms with Crippen LogP contribution in [0, 0.1) is 5.82 Å². The van der Waals surface area contributed by atoms with Crippen molar-refractivity contribution >= 4 is 22.9 Å². The zero-order valence-electron chi connectivity index (χ0n) is 11.9. The van der Waals surface area contributed by atoms with Crippen LogP contribution < -0.4 is 5.73 Å². The van der Waals surface area contributed by atoms with Crippen molar-refractivity contribution in [3.05, 3.63) is 35.3 Å². The Bertz CT molecular complexity index is 839. The molecule has 128 valence electrons. The molecule has 0 amide bonds. The number of fused-ring (bicyclic) bond motifs is 1. The summed E-state index contributed by atoms with van der Waals surface area (Å²) in [5, 5.41) is -0.614. The van der Waals surface area contributed by atoms with Gasteiger partial charge in [0.05, 0.1) is 11.6 Å². The summed E-state index contributed by atoms with van der Waals surface area (Å²) >= 11 is 0. The van der Waals surface area contributed by atoms with Crippen molar-refractivity contribution in [1.29, 1.82) is 0 Å². The third kappa shape index (κ3) is 2.21. The number of halogens is 4. The van der Waals surface area contributed by atoms with Gasteiger partial charge < -0.3 is 19.6 Å². The van der Waals surface area contributed by atoms with Gasteiger partial charge in [-0.1, -0.05) is 0 Å². The first kappa shape index (κ1) is 16.2. The van der Waals surface area contributed by atoms with Gasteiger partial charge >= 0.3 is 23.9 Å². The monoisotopic (exact) mass is 347 g/mol. The molecule has 24 heavy (non-hydrogen) atoms. The van der Waals surface area contributed by atoms with E-state index in [0.717, 1.165) is 6.07 Å². The summed E-state index contributed by atoms with van der Waals surface area (Å²) in [6.45, 7) is 1.27. The van der Waals surface area contributed by atoms with Gasteiger partial charge in [-0.15, -0.1) is 0 Å². The summed E-state index contributed by atoms with van der Waals surface area (Å²) in [5.41, 5.74) is 3.57. The SMILES string of the molecule is CC(N)C1(c2cc(F)cc3c(C(F)(F)F)coc23)OC(=O)C(=O)O1. The van der Waals surface area contributed by atoms with E-state index in [4.69, 9.17) is 19.6 Å². The van der Waals surface area contributed by atoms with Gasteiger partial charge in [-0.3, -0.25) is 0 Å². The van der Waals surface area contributed by atoms with Crippen molar-refractivity contribution in [2.45, 2.75) is 24.9 Å². The lowest BCUT2D eigenvalue weighted by atomic mass is 9.96. The zero-order chi connectivity index (χ0) is 17.9. The average molecular weight is 347 g/mol. The molecule has 1 aliphatic heterocycles. The van der Waals surface area contributed by atoms with Crippen LogP contribution in [0.3, 0.4) is 0 Å². The Kier molecular flexibility index (Phi) is 3.34. The van der Waals surface area contributed by atoms with Crippen LogP contribution in [-0.2, 0) is 31.0 Å². The number of carbonyl (C=O) groups excluding carboxylic acids is 2. The Morgan fingerprint density at radius 2 is 1.75 bits per heavy atom. The highest BCUT2D eigenvalue weighted by atomic mass is 19.4. The number of nitrogens with two attached hydrogens (primary N) is 1. The van der Waals surface area contributed by atoms with Crippen LogP contribution in [0.5, 0.6) is 0 Å². The van der Waals surface area contributed by atoms with E-state index in [-0.39, 0.29) is 0 Å². The minimum Gasteiger partial charge on any atom is -0.463 e. The van der Waals surface area contributed by atoms with Crippen molar-refractivity contribution in [3.8, 4) is 0 Å². The molecular formula is C14H9F4NO5. The molecule has 1 aliphatic rings. The van der Waals surface area contributed by atoms with Crippen molar-refractivity contribution in [1.82, 2.24) is 0 Å². The highest BCUT2D eigenvalue weighted by molar-refractivity contribution is 6.31. The van der Waals surface area contributed by atoms with Gasteiger partial charge in [0.1, 0.15) is 23.2 Å². The molecule has 1 saturated heterocycles. The van der Waals surface area contributed by atoms with E-state index in [9.17, 15) is 27.2 Å². The topological polar surface area (TPSA) is 91.8 Å². The molecule has 0 spiro atoms. The van der Waals surface area contributed by atoms with Gasteiger partial charge in [-0.05, 0) is 19.1 Å². The van der Waals surface area contributed by atoms with Crippen LogP contribution in [0.15, 0.2) is 22.8 Å². The summed E-state index contributed by atoms with van der Waals surface area (Å²) in [7, 11) is 0. The Labute approximate surface area is 131 Å². The van der Waals surface area contributed by atoms with Gasteiger partial charge in [-0.2, -0.15) is 13.2 Å². The highest BCUT2D eigenvalue weighted by Gasteiger charge is 2.55. The van der Waals surface area contributed by atoms with Crippen molar-refractivity contribution in [2.24, 2.45) is 5.73 Å². The third-order valence-corrected chi connectivity index (χ3v) is 3.57. The lowest BCUT2D eigenvalue weighted by Gasteiger charge is -2.29. The second-order valence-electron chi connectivity index (χ2n) is 5.21. The zero-order valence-corrected chi connectivity index (χ0v) is 11.9. The number of hydrogen-bond donors (Lipinski definition) is 1. The molecule has 1 aromatic carbocycles. The second-order valence-corrected chi connectivity index (χ2v) is 5.21. The van der Waals surface area contributed by atoms with E-state index in [2.05, 4.69) is 0 Å². The molecule has 1 fully saturated rings. The number of alkyl halides is 3. The molecule has 0 radical (unpaired) electrons. The lowest BCUT2D eigenvalue weighted by molar-refractivity contribution is -0.191. The van der Waals surface area contributed by atoms with Crippen molar-refractivity contribution in [3.63, 3.8) is 0 Å². The maximum Gasteiger partial charge on any atom is 0.421 e. The van der Waals surface area contributed by atoms with E-state index in [1.54, 1.807) is 0 Å². The number of rotatable bonds is 2. The summed E-state index contributed by atoms with van der Waals surface area (Å²) in [6, 6.07) is 0.136. The largest absolute Gasteiger partial charge is 0.463 e. The van der Waals surface area contributed by atoms with Crippen molar-refractivity contribution < 1.29 is 41.0 Å². The minimum absolute atomic E-state index is 0.390. The third-order valence-electron chi connectivity index (χ3n) is 3.57. The molecule has 6 nitrogen and oxygen atoms in total. The van der Waals surface area contributed by atoms with Gasteiger partial charge in [0.2, 0.25) is 0 Å². The fourth-order valence-electron chi connectivity index (χ4n) is 2.50.